The van der Waals surface area contributed by atoms with Crippen LogP contribution in [0.2, 0.25) is 0 Å². The van der Waals surface area contributed by atoms with Gasteiger partial charge in [0.05, 0.1) is 12.7 Å². The van der Waals surface area contributed by atoms with E-state index in [0.717, 1.165) is 15.5 Å². The summed E-state index contributed by atoms with van der Waals surface area (Å²) in [5, 5.41) is 0.780. The van der Waals surface area contributed by atoms with E-state index < -0.39 is 35.2 Å². The van der Waals surface area contributed by atoms with Gasteiger partial charge >= 0.3 is 11.7 Å². The summed E-state index contributed by atoms with van der Waals surface area (Å²) in [5.41, 5.74) is 5.86. The highest BCUT2D eigenvalue weighted by Gasteiger charge is 2.20. The first-order chi connectivity index (χ1) is 12.8. The fourth-order valence-electron chi connectivity index (χ4n) is 2.66. The molecule has 1 aromatic carbocycles. The quantitative estimate of drug-likeness (QED) is 0.497. The maximum Gasteiger partial charge on any atom is 0.329 e. The molecule has 0 aliphatic carbocycles. The number of ether oxygens (including phenoxy) is 1. The average molecular weight is 371 g/mol. The van der Waals surface area contributed by atoms with Crippen molar-refractivity contribution in [1.82, 2.24) is 9.55 Å². The molecule has 140 valence electrons. The van der Waals surface area contributed by atoms with Crippen LogP contribution in [0.15, 0.2) is 38.5 Å². The van der Waals surface area contributed by atoms with Gasteiger partial charge in [0.15, 0.2) is 6.61 Å². The lowest BCUT2D eigenvalue weighted by molar-refractivity contribution is -0.141. The predicted octanol–water partition coefficient (Wildman–Crippen LogP) is 0.679. The lowest BCUT2D eigenvalue weighted by atomic mass is 10.1. The number of aryl methyl sites for hydroxylation is 1. The van der Waals surface area contributed by atoms with E-state index in [1.807, 2.05) is 30.1 Å². The first-order valence-electron chi connectivity index (χ1n) is 8.02. The molecule has 9 heteroatoms. The number of hydrogen-bond donors (Lipinski definition) is 2. The number of H-pyrrole nitrogens is 1. The minimum absolute atomic E-state index is 0.0948. The van der Waals surface area contributed by atoms with Crippen LogP contribution in [0.1, 0.15) is 21.5 Å². The Morgan fingerprint density at radius 2 is 2.04 bits per heavy atom. The second-order valence-corrected chi connectivity index (χ2v) is 6.10. The normalized spacial score (nSPS) is 10.9. The van der Waals surface area contributed by atoms with Crippen molar-refractivity contribution in [1.29, 1.82) is 0 Å². The van der Waals surface area contributed by atoms with Crippen LogP contribution < -0.4 is 17.0 Å². The number of esters is 1. The Balaban J connectivity index is 1.71. The van der Waals surface area contributed by atoms with Crippen molar-refractivity contribution < 1.29 is 18.7 Å². The van der Waals surface area contributed by atoms with E-state index >= 15 is 0 Å². The molecule has 27 heavy (non-hydrogen) atoms. The summed E-state index contributed by atoms with van der Waals surface area (Å²) in [7, 11) is 1.31. The average Bonchev–Trinajstić information content (AvgIpc) is 2.99. The van der Waals surface area contributed by atoms with Gasteiger partial charge in [-0.25, -0.2) is 4.79 Å². The molecule has 0 amide bonds. The molecule has 0 unspecified atom stereocenters. The van der Waals surface area contributed by atoms with Gasteiger partial charge in [0.2, 0.25) is 5.78 Å². The van der Waals surface area contributed by atoms with E-state index in [1.54, 1.807) is 0 Å². The van der Waals surface area contributed by atoms with Gasteiger partial charge in [-0.15, -0.1) is 0 Å². The van der Waals surface area contributed by atoms with Gasteiger partial charge in [-0.1, -0.05) is 12.1 Å². The Hall–Kier alpha value is -3.62. The van der Waals surface area contributed by atoms with Crippen LogP contribution in [0, 0.1) is 6.92 Å². The summed E-state index contributed by atoms with van der Waals surface area (Å²) in [4.78, 5) is 49.5. The first-order valence-corrected chi connectivity index (χ1v) is 8.02. The lowest BCUT2D eigenvalue weighted by Gasteiger charge is -2.08. The molecule has 0 saturated carbocycles. The number of nitrogens with two attached hydrogens (primary N) is 1. The van der Waals surface area contributed by atoms with Crippen LogP contribution in [0.25, 0.3) is 11.0 Å². The van der Waals surface area contributed by atoms with Crippen LogP contribution in [0.5, 0.6) is 0 Å². The maximum absolute atomic E-state index is 12.2. The van der Waals surface area contributed by atoms with Crippen LogP contribution in [0.4, 0.5) is 5.82 Å². The number of fused-ring (bicyclic) bond motifs is 1. The third-order valence-corrected chi connectivity index (χ3v) is 4.16. The molecule has 0 radical (unpaired) electrons. The molecule has 2 aromatic heterocycles. The standard InChI is InChI=1S/C18H17N3O6/c1-9-3-4-11-10(7-26-13(11)5-9)6-14(23)27-8-12(22)15-16(19)21(2)18(25)20-17(15)24/h3-5,7H,6,8,19H2,1-2H3,(H,20,24,25). The van der Waals surface area contributed by atoms with Crippen LogP contribution in [-0.4, -0.2) is 27.9 Å². The van der Waals surface area contributed by atoms with Crippen molar-refractivity contribution in [3.63, 3.8) is 0 Å². The van der Waals surface area contributed by atoms with Crippen LogP contribution in [-0.2, 0) is 23.0 Å². The van der Waals surface area contributed by atoms with Gasteiger partial charge in [0.25, 0.3) is 5.56 Å². The van der Waals surface area contributed by atoms with Crippen molar-refractivity contribution in [2.45, 2.75) is 13.3 Å². The van der Waals surface area contributed by atoms with Gasteiger partial charge in [-0.05, 0) is 18.6 Å². The monoisotopic (exact) mass is 371 g/mol. The highest BCUT2D eigenvalue weighted by molar-refractivity contribution is 6.01. The highest BCUT2D eigenvalue weighted by Crippen LogP contribution is 2.23. The predicted molar refractivity (Wildman–Crippen MR) is 96.7 cm³/mol. The Morgan fingerprint density at radius 1 is 1.30 bits per heavy atom. The number of rotatable bonds is 5. The number of furan rings is 1. The van der Waals surface area contributed by atoms with E-state index in [9.17, 15) is 19.2 Å². The Bertz CT molecular complexity index is 1170. The third kappa shape index (κ3) is 3.52. The second-order valence-electron chi connectivity index (χ2n) is 6.10. The number of carbonyl (C=O) groups is 2. The van der Waals surface area contributed by atoms with E-state index in [4.69, 9.17) is 14.9 Å². The Morgan fingerprint density at radius 3 is 2.78 bits per heavy atom. The molecular weight excluding hydrogens is 354 g/mol. The molecule has 9 nitrogen and oxygen atoms in total. The topological polar surface area (TPSA) is 137 Å². The number of hydrogen-bond acceptors (Lipinski definition) is 7. The number of nitrogens with zero attached hydrogens (tertiary/aromatic N) is 1. The summed E-state index contributed by atoms with van der Waals surface area (Å²) in [6, 6.07) is 5.58. The minimum Gasteiger partial charge on any atom is -0.464 e. The first kappa shape index (κ1) is 18.2. The lowest BCUT2D eigenvalue weighted by Crippen LogP contribution is -2.35. The maximum atomic E-state index is 12.2. The third-order valence-electron chi connectivity index (χ3n) is 4.16. The van der Waals surface area contributed by atoms with E-state index in [2.05, 4.69) is 0 Å². The number of benzene rings is 1. The van der Waals surface area contributed by atoms with Crippen molar-refractivity contribution in [2.24, 2.45) is 7.05 Å². The molecule has 2 heterocycles. The molecular formula is C18H17N3O6. The number of nitrogens with one attached hydrogen (secondary N) is 1. The van der Waals surface area contributed by atoms with Gasteiger partial charge in [0, 0.05) is 18.0 Å². The molecule has 3 aromatic rings. The van der Waals surface area contributed by atoms with E-state index in [1.165, 1.54) is 13.3 Å². The van der Waals surface area contributed by atoms with Crippen molar-refractivity contribution in [3.8, 4) is 0 Å². The number of nitrogen functional groups attached to an aromatic ring is 1. The fourth-order valence-corrected chi connectivity index (χ4v) is 2.66. The number of Topliss-reactive ketones (excluding diaryl/α,β-unsaturated/α-hetero) is 1. The number of carbonyl (C=O) groups excluding carboxylic acids is 2. The fraction of sp³-hybridized carbons (Fsp3) is 0.222. The SMILES string of the molecule is Cc1ccc2c(CC(=O)OCC(=O)c3c(N)n(C)c(=O)[nH]c3=O)coc2c1. The van der Waals surface area contributed by atoms with Crippen LogP contribution in [0.3, 0.4) is 0 Å². The summed E-state index contributed by atoms with van der Waals surface area (Å²) >= 11 is 0. The Labute approximate surface area is 152 Å². The number of ketones is 1. The van der Waals surface area contributed by atoms with Crippen LogP contribution >= 0.6 is 0 Å². The van der Waals surface area contributed by atoms with Gasteiger partial charge in [0.1, 0.15) is 17.0 Å². The summed E-state index contributed by atoms with van der Waals surface area (Å²) in [5.74, 6) is -1.75. The van der Waals surface area contributed by atoms with Crippen molar-refractivity contribution in [2.75, 3.05) is 12.3 Å². The minimum atomic E-state index is -0.923. The number of aromatic nitrogens is 2. The van der Waals surface area contributed by atoms with Crippen molar-refractivity contribution >= 4 is 28.5 Å². The van der Waals surface area contributed by atoms with Crippen molar-refractivity contribution in [3.05, 3.63) is 62.0 Å². The zero-order valence-corrected chi connectivity index (χ0v) is 14.7. The smallest absolute Gasteiger partial charge is 0.329 e. The second kappa shape index (κ2) is 6.94. The largest absolute Gasteiger partial charge is 0.464 e. The Kier molecular flexibility index (Phi) is 4.68. The molecule has 0 fully saturated rings. The molecule has 0 bridgehead atoms. The zero-order valence-electron chi connectivity index (χ0n) is 14.7. The number of aromatic amines is 1. The molecule has 0 aliphatic rings. The molecule has 0 atom stereocenters. The summed E-state index contributed by atoms with van der Waals surface area (Å²) in [6.07, 6.45) is 1.37. The molecule has 0 spiro atoms. The van der Waals surface area contributed by atoms with E-state index in [0.29, 0.717) is 11.1 Å². The summed E-state index contributed by atoms with van der Waals surface area (Å²) in [6.45, 7) is 1.26. The highest BCUT2D eigenvalue weighted by atomic mass is 16.5. The van der Waals surface area contributed by atoms with Gasteiger partial charge < -0.3 is 14.9 Å². The zero-order chi connectivity index (χ0) is 19.7. The van der Waals surface area contributed by atoms with Gasteiger partial charge in [-0.2, -0.15) is 0 Å². The molecule has 3 rings (SSSR count). The molecule has 3 N–H and O–H groups in total. The number of anilines is 1. The van der Waals surface area contributed by atoms with E-state index in [-0.39, 0.29) is 12.2 Å². The summed E-state index contributed by atoms with van der Waals surface area (Å²) < 4.78 is 11.3. The van der Waals surface area contributed by atoms with Gasteiger partial charge in [-0.3, -0.25) is 23.9 Å². The molecule has 0 saturated heterocycles. The molecule has 0 aliphatic heterocycles.